The van der Waals surface area contributed by atoms with E-state index in [-0.39, 0.29) is 27.1 Å². The molecule has 0 atom stereocenters. The van der Waals surface area contributed by atoms with Crippen LogP contribution in [0.5, 0.6) is 0 Å². The van der Waals surface area contributed by atoms with Crippen molar-refractivity contribution in [2.24, 2.45) is 0 Å². The Morgan fingerprint density at radius 2 is 1.03 bits per heavy atom. The monoisotopic (exact) mass is 925 g/mol. The van der Waals surface area contributed by atoms with Gasteiger partial charge in [-0.05, 0) is 171 Å². The second-order valence-electron chi connectivity index (χ2n) is 24.1. The van der Waals surface area contributed by atoms with Crippen LogP contribution in [0.3, 0.4) is 0 Å². The minimum Gasteiger partial charge on any atom is -0.456 e. The molecule has 0 unspecified atom stereocenters. The van der Waals surface area contributed by atoms with Crippen molar-refractivity contribution in [2.45, 2.75) is 136 Å². The number of rotatable bonds is 7. The highest BCUT2D eigenvalue weighted by atomic mass is 32.1. The lowest BCUT2D eigenvalue weighted by Gasteiger charge is -2.42. The maximum absolute atomic E-state index is 6.64. The number of hydrogen-bond acceptors (Lipinski definition) is 4. The van der Waals surface area contributed by atoms with Crippen molar-refractivity contribution in [1.82, 2.24) is 0 Å². The van der Waals surface area contributed by atoms with E-state index < -0.39 is 0 Å². The van der Waals surface area contributed by atoms with E-state index in [1.807, 2.05) is 11.3 Å². The molecule has 0 saturated heterocycles. The Morgan fingerprint density at radius 1 is 0.464 bits per heavy atom. The summed E-state index contributed by atoms with van der Waals surface area (Å²) in [6.45, 7) is 28.7. The van der Waals surface area contributed by atoms with E-state index in [2.05, 4.69) is 238 Å². The average molecular weight is 925 g/mol. The van der Waals surface area contributed by atoms with Gasteiger partial charge in [0, 0.05) is 60.6 Å². The number of thiophene rings is 1. The average Bonchev–Trinajstić information content (AvgIpc) is 3.90. The third-order valence-corrected chi connectivity index (χ3v) is 17.2. The van der Waals surface area contributed by atoms with E-state index in [4.69, 9.17) is 4.42 Å². The number of fused-ring (bicyclic) bond motifs is 6. The number of furan rings is 1. The van der Waals surface area contributed by atoms with Crippen LogP contribution in [0, 0.1) is 6.92 Å². The molecular formula is C65H68N2OS. The van der Waals surface area contributed by atoms with Crippen LogP contribution in [0.15, 0.2) is 149 Å². The number of hydrogen-bond donors (Lipinski definition) is 0. The van der Waals surface area contributed by atoms with Gasteiger partial charge in [-0.3, -0.25) is 0 Å². The van der Waals surface area contributed by atoms with E-state index in [1.165, 1.54) is 85.2 Å². The van der Waals surface area contributed by atoms with Crippen LogP contribution in [-0.2, 0) is 27.1 Å². The quantitative estimate of drug-likeness (QED) is 0.159. The fraction of sp³-hybridized carbons (Fsp3) is 0.323. The molecule has 7 aromatic carbocycles. The molecule has 4 heteroatoms. The second-order valence-corrected chi connectivity index (χ2v) is 25.0. The van der Waals surface area contributed by atoms with Crippen molar-refractivity contribution in [3.05, 3.63) is 178 Å². The molecule has 0 spiro atoms. The Labute approximate surface area is 414 Å². The van der Waals surface area contributed by atoms with Gasteiger partial charge in [-0.1, -0.05) is 137 Å². The molecule has 0 bridgehead atoms. The second kappa shape index (κ2) is 16.0. The largest absolute Gasteiger partial charge is 0.456 e. The van der Waals surface area contributed by atoms with E-state index in [0.717, 1.165) is 51.1 Å². The highest BCUT2D eigenvalue weighted by Gasteiger charge is 2.40. The first-order valence-electron chi connectivity index (χ1n) is 25.2. The zero-order valence-corrected chi connectivity index (χ0v) is 43.7. The number of aryl methyl sites for hydroxylation is 1. The fourth-order valence-corrected chi connectivity index (χ4v) is 12.7. The molecular weight excluding hydrogens is 857 g/mol. The van der Waals surface area contributed by atoms with Crippen LogP contribution in [-0.4, -0.2) is 0 Å². The predicted molar refractivity (Wildman–Crippen MR) is 298 cm³/mol. The summed E-state index contributed by atoms with van der Waals surface area (Å²) in [5, 5.41) is 6.00. The van der Waals surface area contributed by atoms with Gasteiger partial charge < -0.3 is 14.2 Å². The maximum atomic E-state index is 6.64. The van der Waals surface area contributed by atoms with Crippen molar-refractivity contribution in [3.8, 4) is 11.1 Å². The van der Waals surface area contributed by atoms with Crippen molar-refractivity contribution in [3.63, 3.8) is 0 Å². The molecule has 0 amide bonds. The number of nitrogens with zero attached hydrogens (tertiary/aromatic N) is 2. The Hall–Kier alpha value is -6.10. The molecule has 3 nitrogen and oxygen atoms in total. The maximum Gasteiger partial charge on any atom is 0.137 e. The first kappa shape index (κ1) is 45.3. The van der Waals surface area contributed by atoms with E-state index in [9.17, 15) is 0 Å². The lowest BCUT2D eigenvalue weighted by molar-refractivity contribution is 0.332. The number of para-hydroxylation sites is 1. The molecule has 0 radical (unpaired) electrons. The summed E-state index contributed by atoms with van der Waals surface area (Å²) in [5.41, 5.74) is 19.7. The molecule has 11 rings (SSSR count). The Kier molecular flexibility index (Phi) is 10.5. The fourth-order valence-electron chi connectivity index (χ4n) is 11.7. The standard InChI is InChI=1S/C65H68N2OS/c1-41-32-46(66(45-23-25-49-48-20-16-17-21-58(48)68-59(49)37-45)56-27-22-43(61(2,3)4)34-50(56)42-18-14-13-15-19-42)35-47(33-41)67(44-24-26-52-53(36-44)63(7,8)29-28-62(52,5)6)57-40-69-60-39-55-54(38-51(57)60)64(9,10)30-31-65(55,11)12/h13-27,32-40H,28-31H2,1-12H3. The van der Waals surface area contributed by atoms with Gasteiger partial charge in [0.15, 0.2) is 0 Å². The predicted octanol–water partition coefficient (Wildman–Crippen LogP) is 19.7. The zero-order valence-electron chi connectivity index (χ0n) is 42.9. The molecule has 0 saturated carbocycles. The lowest BCUT2D eigenvalue weighted by Crippen LogP contribution is -2.34. The van der Waals surface area contributed by atoms with Crippen LogP contribution in [0.4, 0.5) is 34.1 Å². The zero-order chi connectivity index (χ0) is 48.4. The highest BCUT2D eigenvalue weighted by Crippen LogP contribution is 2.54. The smallest absolute Gasteiger partial charge is 0.137 e. The molecule has 2 aliphatic rings. The van der Waals surface area contributed by atoms with Crippen LogP contribution >= 0.6 is 11.3 Å². The first-order valence-corrected chi connectivity index (χ1v) is 26.1. The first-order chi connectivity index (χ1) is 32.7. The van der Waals surface area contributed by atoms with Crippen molar-refractivity contribution < 1.29 is 4.42 Å². The van der Waals surface area contributed by atoms with E-state index in [0.29, 0.717) is 0 Å². The van der Waals surface area contributed by atoms with Gasteiger partial charge in [-0.25, -0.2) is 0 Å². The van der Waals surface area contributed by atoms with Crippen LogP contribution < -0.4 is 9.80 Å². The van der Waals surface area contributed by atoms with Gasteiger partial charge in [0.1, 0.15) is 11.2 Å². The van der Waals surface area contributed by atoms with Gasteiger partial charge in [0.25, 0.3) is 0 Å². The molecule has 9 aromatic rings. The molecule has 350 valence electrons. The van der Waals surface area contributed by atoms with Gasteiger partial charge in [0.05, 0.1) is 11.4 Å². The third-order valence-electron chi connectivity index (χ3n) is 16.2. The molecule has 0 fully saturated rings. The van der Waals surface area contributed by atoms with Crippen LogP contribution in [0.2, 0.25) is 0 Å². The summed E-state index contributed by atoms with van der Waals surface area (Å²) >= 11 is 1.89. The Morgan fingerprint density at radius 3 is 1.71 bits per heavy atom. The van der Waals surface area contributed by atoms with Crippen molar-refractivity contribution in [2.75, 3.05) is 9.80 Å². The topological polar surface area (TPSA) is 19.6 Å². The molecule has 69 heavy (non-hydrogen) atoms. The molecule has 0 N–H and O–H groups in total. The van der Waals surface area contributed by atoms with Gasteiger partial charge in [-0.2, -0.15) is 0 Å². The Balaban J connectivity index is 1.18. The summed E-state index contributed by atoms with van der Waals surface area (Å²) in [6.07, 6.45) is 4.71. The lowest BCUT2D eigenvalue weighted by atomic mass is 9.63. The molecule has 2 heterocycles. The van der Waals surface area contributed by atoms with E-state index >= 15 is 0 Å². The third kappa shape index (κ3) is 7.79. The van der Waals surface area contributed by atoms with Gasteiger partial charge in [-0.15, -0.1) is 11.3 Å². The molecule has 0 aliphatic heterocycles. The highest BCUT2D eigenvalue weighted by molar-refractivity contribution is 7.17. The molecule has 2 aliphatic carbocycles. The number of benzene rings is 7. The van der Waals surface area contributed by atoms with Gasteiger partial charge >= 0.3 is 0 Å². The normalized spacial score (nSPS) is 16.9. The van der Waals surface area contributed by atoms with Crippen molar-refractivity contribution in [1.29, 1.82) is 0 Å². The number of anilines is 6. The summed E-state index contributed by atoms with van der Waals surface area (Å²) in [7, 11) is 0. The minimum atomic E-state index is -0.0384. The summed E-state index contributed by atoms with van der Waals surface area (Å²) in [5.74, 6) is 0. The summed E-state index contributed by atoms with van der Waals surface area (Å²) in [4.78, 5) is 5.06. The van der Waals surface area contributed by atoms with Crippen molar-refractivity contribution >= 4 is 77.5 Å². The van der Waals surface area contributed by atoms with Crippen LogP contribution in [0.1, 0.15) is 135 Å². The summed E-state index contributed by atoms with van der Waals surface area (Å²) in [6, 6.07) is 52.9. The van der Waals surface area contributed by atoms with Gasteiger partial charge in [0.2, 0.25) is 0 Å². The molecule has 2 aromatic heterocycles. The van der Waals surface area contributed by atoms with Crippen LogP contribution in [0.25, 0.3) is 43.2 Å². The van der Waals surface area contributed by atoms with E-state index in [1.54, 1.807) is 0 Å². The summed E-state index contributed by atoms with van der Waals surface area (Å²) < 4.78 is 7.98. The Bertz CT molecular complexity index is 3460. The SMILES string of the molecule is Cc1cc(N(c2ccc3c(c2)oc2ccccc23)c2ccc(C(C)(C)C)cc2-c2ccccc2)cc(N(c2ccc3c(c2)C(C)(C)CCC3(C)C)c2csc3cc4c(cc23)C(C)(C)CCC4(C)C)c1. The minimum absolute atomic E-state index is 0.0384.